The zero-order chi connectivity index (χ0) is 14.0. The molecule has 1 unspecified atom stereocenters. The minimum Gasteiger partial charge on any atom is -0.337 e. The van der Waals surface area contributed by atoms with Gasteiger partial charge in [-0.25, -0.2) is 13.4 Å². The molecule has 0 spiro atoms. The maximum absolute atomic E-state index is 12.7. The van der Waals surface area contributed by atoms with E-state index in [4.69, 9.17) is 11.6 Å². The Morgan fingerprint density at radius 1 is 1.42 bits per heavy atom. The van der Waals surface area contributed by atoms with Gasteiger partial charge in [0.2, 0.25) is 0 Å². The zero-order valence-electron chi connectivity index (χ0n) is 11.3. The molecule has 1 aliphatic heterocycles. The molecule has 0 radical (unpaired) electrons. The van der Waals surface area contributed by atoms with Crippen LogP contribution in [0.25, 0.3) is 0 Å². The molecule has 19 heavy (non-hydrogen) atoms. The molecule has 1 fully saturated rings. The Balaban J connectivity index is 2.35. The van der Waals surface area contributed by atoms with Crippen LogP contribution in [-0.2, 0) is 17.1 Å². The Labute approximate surface area is 119 Å². The molecule has 7 heteroatoms. The molecule has 108 valence electrons. The van der Waals surface area contributed by atoms with Crippen molar-refractivity contribution >= 4 is 21.6 Å². The maximum Gasteiger partial charge on any atom is 0.262 e. The highest BCUT2D eigenvalue weighted by molar-refractivity contribution is 7.89. The van der Waals surface area contributed by atoms with Gasteiger partial charge in [0.15, 0.2) is 5.03 Å². The summed E-state index contributed by atoms with van der Waals surface area (Å²) in [5, 5.41) is 0.129. The van der Waals surface area contributed by atoms with E-state index >= 15 is 0 Å². The highest BCUT2D eigenvalue weighted by Gasteiger charge is 2.33. The van der Waals surface area contributed by atoms with Crippen molar-refractivity contribution in [2.75, 3.05) is 12.4 Å². The average molecular weight is 306 g/mol. The van der Waals surface area contributed by atoms with Gasteiger partial charge in [-0.05, 0) is 19.8 Å². The number of sulfonamides is 1. The first-order chi connectivity index (χ1) is 8.96. The van der Waals surface area contributed by atoms with E-state index in [0.29, 0.717) is 18.2 Å². The summed E-state index contributed by atoms with van der Waals surface area (Å²) in [6.07, 6.45) is 5.37. The van der Waals surface area contributed by atoms with Gasteiger partial charge < -0.3 is 4.57 Å². The van der Waals surface area contributed by atoms with Crippen molar-refractivity contribution in [1.29, 1.82) is 0 Å². The minimum atomic E-state index is -3.53. The summed E-state index contributed by atoms with van der Waals surface area (Å²) < 4.78 is 28.6. The highest BCUT2D eigenvalue weighted by Crippen LogP contribution is 2.25. The number of nitrogens with zero attached hydrogens (tertiary/aromatic N) is 3. The molecule has 1 aliphatic rings. The predicted molar refractivity (Wildman–Crippen MR) is 74.8 cm³/mol. The second kappa shape index (κ2) is 5.81. The summed E-state index contributed by atoms with van der Waals surface area (Å²) in [4.78, 5) is 4.15. The number of hydrogen-bond acceptors (Lipinski definition) is 3. The lowest BCUT2D eigenvalue weighted by Crippen LogP contribution is -2.41. The van der Waals surface area contributed by atoms with Crippen molar-refractivity contribution in [3.05, 3.63) is 12.0 Å². The molecule has 0 amide bonds. The molecule has 1 atom stereocenters. The molecule has 1 aromatic rings. The van der Waals surface area contributed by atoms with Crippen LogP contribution in [0.5, 0.6) is 0 Å². The third kappa shape index (κ3) is 2.95. The zero-order valence-corrected chi connectivity index (χ0v) is 12.9. The third-order valence-electron chi connectivity index (χ3n) is 3.66. The number of aromatic nitrogens is 2. The van der Waals surface area contributed by atoms with Crippen molar-refractivity contribution in [2.45, 2.75) is 43.7 Å². The fourth-order valence-electron chi connectivity index (χ4n) is 2.39. The van der Waals surface area contributed by atoms with E-state index in [1.807, 2.05) is 0 Å². The van der Waals surface area contributed by atoms with Gasteiger partial charge in [-0.2, -0.15) is 4.31 Å². The molecule has 2 rings (SSSR count). The Morgan fingerprint density at radius 3 is 2.74 bits per heavy atom. The van der Waals surface area contributed by atoms with E-state index < -0.39 is 10.0 Å². The van der Waals surface area contributed by atoms with Crippen molar-refractivity contribution in [3.63, 3.8) is 0 Å². The van der Waals surface area contributed by atoms with Crippen molar-refractivity contribution in [1.82, 2.24) is 13.9 Å². The maximum atomic E-state index is 12.7. The van der Waals surface area contributed by atoms with E-state index in [0.717, 1.165) is 25.7 Å². The first kappa shape index (κ1) is 14.8. The summed E-state index contributed by atoms with van der Waals surface area (Å²) in [5.41, 5.74) is 0. The Kier molecular flexibility index (Phi) is 4.53. The SMILES string of the molecule is Cc1nc(S(=O)(=O)N2CCCCCC2CCl)cn1C. The number of hydrogen-bond donors (Lipinski definition) is 0. The van der Waals surface area contributed by atoms with Crippen LogP contribution in [-0.4, -0.2) is 40.7 Å². The summed E-state index contributed by atoms with van der Waals surface area (Å²) in [6.45, 7) is 2.33. The molecule has 5 nitrogen and oxygen atoms in total. The average Bonchev–Trinajstić information content (AvgIpc) is 2.61. The summed E-state index contributed by atoms with van der Waals surface area (Å²) in [6, 6.07) is -0.114. The topological polar surface area (TPSA) is 55.2 Å². The van der Waals surface area contributed by atoms with E-state index in [2.05, 4.69) is 4.98 Å². The van der Waals surface area contributed by atoms with Crippen LogP contribution in [0, 0.1) is 6.92 Å². The Hall–Kier alpha value is -0.590. The monoisotopic (exact) mass is 305 g/mol. The lowest BCUT2D eigenvalue weighted by Gasteiger charge is -2.26. The van der Waals surface area contributed by atoms with Crippen LogP contribution in [0.15, 0.2) is 11.2 Å². The molecule has 2 heterocycles. The molecule has 1 saturated heterocycles. The van der Waals surface area contributed by atoms with E-state index in [9.17, 15) is 8.42 Å². The van der Waals surface area contributed by atoms with Crippen LogP contribution in [0.3, 0.4) is 0 Å². The van der Waals surface area contributed by atoms with Gasteiger partial charge in [0.05, 0.1) is 0 Å². The second-order valence-electron chi connectivity index (χ2n) is 5.01. The first-order valence-corrected chi connectivity index (χ1v) is 8.52. The molecule has 1 aromatic heterocycles. The van der Waals surface area contributed by atoms with Gasteiger partial charge >= 0.3 is 0 Å². The van der Waals surface area contributed by atoms with Crippen molar-refractivity contribution in [3.8, 4) is 0 Å². The smallest absolute Gasteiger partial charge is 0.262 e. The second-order valence-corrected chi connectivity index (χ2v) is 7.16. The molecule has 0 aliphatic carbocycles. The molecule has 0 saturated carbocycles. The number of alkyl halides is 1. The Morgan fingerprint density at radius 2 is 2.16 bits per heavy atom. The van der Waals surface area contributed by atoms with Crippen LogP contribution in [0.2, 0.25) is 0 Å². The van der Waals surface area contributed by atoms with E-state index in [1.165, 1.54) is 4.31 Å². The van der Waals surface area contributed by atoms with Gasteiger partial charge in [0, 0.05) is 31.7 Å². The van der Waals surface area contributed by atoms with Gasteiger partial charge in [0.25, 0.3) is 10.0 Å². The number of imidazole rings is 1. The molecule has 0 bridgehead atoms. The van der Waals surface area contributed by atoms with Crippen LogP contribution < -0.4 is 0 Å². The van der Waals surface area contributed by atoms with E-state index in [-0.39, 0.29) is 11.1 Å². The van der Waals surface area contributed by atoms with Crippen LogP contribution >= 0.6 is 11.6 Å². The first-order valence-electron chi connectivity index (χ1n) is 6.54. The van der Waals surface area contributed by atoms with E-state index in [1.54, 1.807) is 24.7 Å². The summed E-state index contributed by atoms with van der Waals surface area (Å²) in [5.74, 6) is 1.03. The molecule has 0 aromatic carbocycles. The largest absolute Gasteiger partial charge is 0.337 e. The standard InChI is InChI=1S/C12H20ClN3O2S/c1-10-14-12(9-15(10)2)19(17,18)16-7-5-3-4-6-11(16)8-13/h9,11H,3-8H2,1-2H3. The fraction of sp³-hybridized carbons (Fsp3) is 0.750. The highest BCUT2D eigenvalue weighted by atomic mass is 35.5. The number of halogens is 1. The van der Waals surface area contributed by atoms with Gasteiger partial charge in [-0.15, -0.1) is 11.6 Å². The van der Waals surface area contributed by atoms with Crippen LogP contribution in [0.1, 0.15) is 31.5 Å². The quantitative estimate of drug-likeness (QED) is 0.802. The lowest BCUT2D eigenvalue weighted by molar-refractivity contribution is 0.344. The number of rotatable bonds is 3. The van der Waals surface area contributed by atoms with Gasteiger partial charge in [-0.1, -0.05) is 12.8 Å². The summed E-state index contributed by atoms with van der Waals surface area (Å²) in [7, 11) is -1.74. The third-order valence-corrected chi connectivity index (χ3v) is 5.84. The summed E-state index contributed by atoms with van der Waals surface area (Å²) >= 11 is 5.95. The van der Waals surface area contributed by atoms with Crippen LogP contribution in [0.4, 0.5) is 0 Å². The fourth-order valence-corrected chi connectivity index (χ4v) is 4.52. The minimum absolute atomic E-state index is 0.114. The number of aryl methyl sites for hydroxylation is 2. The van der Waals surface area contributed by atoms with Gasteiger partial charge in [-0.3, -0.25) is 0 Å². The predicted octanol–water partition coefficient (Wildman–Crippen LogP) is 1.90. The molecular weight excluding hydrogens is 286 g/mol. The van der Waals surface area contributed by atoms with Crippen molar-refractivity contribution < 1.29 is 8.42 Å². The lowest BCUT2D eigenvalue weighted by atomic mass is 10.1. The normalized spacial score (nSPS) is 22.4. The molecular formula is C12H20ClN3O2S. The Bertz CT molecular complexity index is 522. The van der Waals surface area contributed by atoms with Gasteiger partial charge in [0.1, 0.15) is 5.82 Å². The molecule has 0 N–H and O–H groups in total. The van der Waals surface area contributed by atoms with Crippen molar-refractivity contribution in [2.24, 2.45) is 7.05 Å².